The number of nitrogens with zero attached hydrogens (tertiary/aromatic N) is 2. The molecule has 2 aromatic carbocycles. The van der Waals surface area contributed by atoms with E-state index < -0.39 is 41.4 Å². The maximum atomic E-state index is 15.8. The summed E-state index contributed by atoms with van der Waals surface area (Å²) < 4.78 is 17.3. The maximum Gasteiger partial charge on any atom is 0.263 e. The van der Waals surface area contributed by atoms with Crippen molar-refractivity contribution in [1.29, 1.82) is 0 Å². The zero-order chi connectivity index (χ0) is 35.3. The molecule has 4 N–H and O–H groups in total. The fourth-order valence-corrected chi connectivity index (χ4v) is 6.81. The van der Waals surface area contributed by atoms with Crippen molar-refractivity contribution in [1.82, 2.24) is 20.1 Å². The number of aromatic nitrogens is 1. The molecule has 0 aliphatic carbocycles. The molecule has 9 nitrogen and oxygen atoms in total. The molecule has 2 amide bonds. The van der Waals surface area contributed by atoms with Crippen molar-refractivity contribution >= 4 is 23.4 Å². The Bertz CT molecular complexity index is 1720. The van der Waals surface area contributed by atoms with E-state index in [0.717, 1.165) is 36.2 Å². The van der Waals surface area contributed by atoms with Gasteiger partial charge in [0.15, 0.2) is 0 Å². The predicted octanol–water partition coefficient (Wildman–Crippen LogP) is 5.76. The summed E-state index contributed by atoms with van der Waals surface area (Å²) in [5, 5.41) is 26.4. The highest BCUT2D eigenvalue weighted by molar-refractivity contribution is 6.30. The largest absolute Gasteiger partial charge is 0.513 e. The number of hydrogen-bond acceptors (Lipinski definition) is 6. The van der Waals surface area contributed by atoms with Gasteiger partial charge in [-0.15, -0.1) is 0 Å². The molecule has 3 aromatic rings. The highest BCUT2D eigenvalue weighted by Crippen LogP contribution is 2.35. The first-order valence-corrected chi connectivity index (χ1v) is 16.7. The highest BCUT2D eigenvalue weighted by Gasteiger charge is 2.29. The summed E-state index contributed by atoms with van der Waals surface area (Å²) >= 11 is 6.25. The fourth-order valence-electron chi connectivity index (χ4n) is 6.48. The number of aryl methyl sites for hydroxylation is 3. The Balaban J connectivity index is 1.60. The lowest BCUT2D eigenvalue weighted by atomic mass is 9.90. The average Bonchev–Trinajstić information content (AvgIpc) is 3.41. The van der Waals surface area contributed by atoms with E-state index in [4.69, 9.17) is 11.6 Å². The fraction of sp³-hybridized carbons (Fsp3) is 0.432. The zero-order valence-electron chi connectivity index (χ0n) is 28.3. The predicted molar refractivity (Wildman–Crippen MR) is 187 cm³/mol. The van der Waals surface area contributed by atoms with Gasteiger partial charge in [0.05, 0.1) is 17.9 Å². The van der Waals surface area contributed by atoms with Gasteiger partial charge in [-0.25, -0.2) is 4.39 Å². The number of carbonyl (C=O) groups excluding carboxylic acids is 2. The number of hydrogen-bond donors (Lipinski definition) is 4. The van der Waals surface area contributed by atoms with Gasteiger partial charge in [0.2, 0.25) is 5.91 Å². The van der Waals surface area contributed by atoms with Crippen LogP contribution in [0.5, 0.6) is 0 Å². The third kappa shape index (κ3) is 9.12. The first-order chi connectivity index (χ1) is 22.6. The molecule has 0 spiro atoms. The summed E-state index contributed by atoms with van der Waals surface area (Å²) in [6.07, 6.45) is 1.35. The molecule has 4 rings (SSSR count). The summed E-state index contributed by atoms with van der Waals surface area (Å²) in [4.78, 5) is 42.7. The minimum atomic E-state index is -1.28. The molecule has 0 bridgehead atoms. The van der Waals surface area contributed by atoms with Gasteiger partial charge in [-0.05, 0) is 111 Å². The SMILES string of the molecule is C=C(O)CC(NC(=O)[C@H](CC(C)O)NC(=O)c1cccn(CCN2CC[C@H](C)C2)c1=O)c1cc(-c2c(C)cc(Cl)cc2C)cc(C)c1F. The number of halogens is 2. The molecule has 4 atom stereocenters. The van der Waals surface area contributed by atoms with Crippen LogP contribution in [0.2, 0.25) is 5.02 Å². The molecular formula is C37H46ClFN4O5. The highest BCUT2D eigenvalue weighted by atomic mass is 35.5. The van der Waals surface area contributed by atoms with Crippen LogP contribution in [0.15, 0.2) is 59.7 Å². The monoisotopic (exact) mass is 680 g/mol. The van der Waals surface area contributed by atoms with E-state index >= 15 is 4.39 Å². The van der Waals surface area contributed by atoms with E-state index in [1.165, 1.54) is 17.6 Å². The van der Waals surface area contributed by atoms with Crippen LogP contribution in [0.4, 0.5) is 4.39 Å². The Kier molecular flexibility index (Phi) is 12.2. The number of aliphatic hydroxyl groups excluding tert-OH is 2. The van der Waals surface area contributed by atoms with E-state index in [9.17, 15) is 24.6 Å². The number of aliphatic hydroxyl groups is 2. The molecule has 1 aromatic heterocycles. The molecule has 0 saturated carbocycles. The van der Waals surface area contributed by atoms with Gasteiger partial charge in [-0.1, -0.05) is 25.1 Å². The number of carbonyl (C=O) groups is 2. The smallest absolute Gasteiger partial charge is 0.263 e. The van der Waals surface area contributed by atoms with Crippen molar-refractivity contribution in [2.75, 3.05) is 19.6 Å². The van der Waals surface area contributed by atoms with E-state index in [2.05, 4.69) is 29.0 Å². The Morgan fingerprint density at radius 3 is 2.40 bits per heavy atom. The second kappa shape index (κ2) is 15.9. The first-order valence-electron chi connectivity index (χ1n) is 16.3. The Morgan fingerprint density at radius 2 is 1.79 bits per heavy atom. The van der Waals surface area contributed by atoms with Crippen LogP contribution in [0, 0.1) is 32.5 Å². The van der Waals surface area contributed by atoms with Gasteiger partial charge in [0.1, 0.15) is 17.4 Å². The minimum absolute atomic E-state index is 0.114. The van der Waals surface area contributed by atoms with Crippen molar-refractivity contribution in [3.8, 4) is 11.1 Å². The number of pyridine rings is 1. The number of benzene rings is 2. The Hall–Kier alpha value is -3.99. The molecular weight excluding hydrogens is 635 g/mol. The van der Waals surface area contributed by atoms with Gasteiger partial charge in [0, 0.05) is 49.3 Å². The van der Waals surface area contributed by atoms with Crippen molar-refractivity contribution < 1.29 is 24.2 Å². The van der Waals surface area contributed by atoms with Gasteiger partial charge in [0.25, 0.3) is 11.5 Å². The van der Waals surface area contributed by atoms with E-state index in [1.807, 2.05) is 26.0 Å². The lowest BCUT2D eigenvalue weighted by Gasteiger charge is -2.26. The molecule has 2 heterocycles. The molecule has 1 aliphatic rings. The Morgan fingerprint density at radius 1 is 1.10 bits per heavy atom. The third-order valence-electron chi connectivity index (χ3n) is 8.83. The third-order valence-corrected chi connectivity index (χ3v) is 9.05. The lowest BCUT2D eigenvalue weighted by molar-refractivity contribution is -0.124. The number of likely N-dealkylation sites (tertiary alicyclic amines) is 1. The molecule has 258 valence electrons. The summed E-state index contributed by atoms with van der Waals surface area (Å²) in [5.74, 6) is -1.75. The molecule has 0 radical (unpaired) electrons. The van der Waals surface area contributed by atoms with Crippen LogP contribution >= 0.6 is 11.6 Å². The van der Waals surface area contributed by atoms with Gasteiger partial charge in [-0.3, -0.25) is 14.4 Å². The van der Waals surface area contributed by atoms with Gasteiger partial charge >= 0.3 is 0 Å². The summed E-state index contributed by atoms with van der Waals surface area (Å²) in [5.41, 5.74) is 3.14. The van der Waals surface area contributed by atoms with Crippen LogP contribution in [0.3, 0.4) is 0 Å². The minimum Gasteiger partial charge on any atom is -0.513 e. The van der Waals surface area contributed by atoms with Crippen molar-refractivity contribution in [2.45, 2.75) is 78.6 Å². The van der Waals surface area contributed by atoms with Crippen LogP contribution in [0.1, 0.15) is 71.8 Å². The summed E-state index contributed by atoms with van der Waals surface area (Å²) in [7, 11) is 0. The average molecular weight is 681 g/mol. The van der Waals surface area contributed by atoms with Crippen molar-refractivity contribution in [3.05, 3.63) is 104 Å². The van der Waals surface area contributed by atoms with E-state index in [1.54, 1.807) is 31.3 Å². The molecule has 1 saturated heterocycles. The number of amides is 2. The lowest BCUT2D eigenvalue weighted by Crippen LogP contribution is -2.50. The first kappa shape index (κ1) is 36.8. The van der Waals surface area contributed by atoms with E-state index in [-0.39, 0.29) is 29.7 Å². The molecule has 11 heteroatoms. The van der Waals surface area contributed by atoms with Crippen molar-refractivity contribution in [3.63, 3.8) is 0 Å². The topological polar surface area (TPSA) is 124 Å². The van der Waals surface area contributed by atoms with Crippen LogP contribution in [-0.2, 0) is 11.3 Å². The maximum absolute atomic E-state index is 15.8. The van der Waals surface area contributed by atoms with Crippen LogP contribution in [-0.4, -0.2) is 63.3 Å². The van der Waals surface area contributed by atoms with Gasteiger partial charge < -0.3 is 30.3 Å². The second-order valence-electron chi connectivity index (χ2n) is 13.2. The summed E-state index contributed by atoms with van der Waals surface area (Å²) in [6, 6.07) is 7.62. The number of nitrogens with one attached hydrogen (secondary N) is 2. The normalized spacial score (nSPS) is 16.7. The van der Waals surface area contributed by atoms with Crippen molar-refractivity contribution in [2.24, 2.45) is 5.92 Å². The number of rotatable bonds is 13. The molecule has 48 heavy (non-hydrogen) atoms. The Labute approximate surface area is 286 Å². The molecule has 1 aliphatic heterocycles. The standard InChI is InChI=1S/C37H46ClFN4O5/c1-21-9-11-42(20-21)12-13-43-10-7-8-29(37(43)48)35(46)41-32(18-26(6)45)36(47)40-31(17-25(5)44)30-19-27(14-24(4)34(30)39)33-22(2)15-28(38)16-23(33)3/h7-8,10,14-16,19,21,26,31-32,44-45H,5,9,11-13,17-18,20H2,1-4,6H3,(H,40,47)(H,41,46)/t21-,26?,31?,32-/m0/s1. The molecule has 1 fully saturated rings. The van der Waals surface area contributed by atoms with Crippen LogP contribution in [0.25, 0.3) is 11.1 Å². The quantitative estimate of drug-likeness (QED) is 0.170. The van der Waals surface area contributed by atoms with Gasteiger partial charge in [-0.2, -0.15) is 0 Å². The summed E-state index contributed by atoms with van der Waals surface area (Å²) in [6.45, 7) is 15.7. The van der Waals surface area contributed by atoms with Crippen LogP contribution < -0.4 is 16.2 Å². The zero-order valence-corrected chi connectivity index (χ0v) is 29.0. The second-order valence-corrected chi connectivity index (χ2v) is 13.6. The molecule has 2 unspecified atom stereocenters. The van der Waals surface area contributed by atoms with E-state index in [0.29, 0.717) is 35.2 Å².